The van der Waals surface area contributed by atoms with E-state index in [1.54, 1.807) is 6.07 Å². The lowest BCUT2D eigenvalue weighted by Crippen LogP contribution is -2.26. The van der Waals surface area contributed by atoms with E-state index in [-0.39, 0.29) is 16.8 Å². The molecule has 1 saturated heterocycles. The van der Waals surface area contributed by atoms with E-state index < -0.39 is 0 Å². The third-order valence-electron chi connectivity index (χ3n) is 2.79. The Bertz CT molecular complexity index is 362. The normalized spacial score (nSPS) is 21.6. The largest absolute Gasteiger partial charge is 0.506 e. The van der Waals surface area contributed by atoms with Crippen molar-refractivity contribution in [2.75, 3.05) is 6.54 Å². The number of phenols is 1. The van der Waals surface area contributed by atoms with Gasteiger partial charge in [-0.3, -0.25) is 0 Å². The van der Waals surface area contributed by atoms with Gasteiger partial charge >= 0.3 is 0 Å². The smallest absolute Gasteiger partial charge is 0.140 e. The van der Waals surface area contributed by atoms with E-state index in [2.05, 4.69) is 5.32 Å². The first-order valence-corrected chi connectivity index (χ1v) is 5.86. The molecule has 82 valence electrons. The molecule has 2 N–H and O–H groups in total. The molecule has 1 heterocycles. The Hall–Kier alpha value is -0.440. The highest BCUT2D eigenvalue weighted by Gasteiger charge is 2.20. The molecule has 0 aromatic heterocycles. The predicted octanol–water partition coefficient (Wildman–Crippen LogP) is 3.51. The summed E-state index contributed by atoms with van der Waals surface area (Å²) in [7, 11) is 0. The van der Waals surface area contributed by atoms with Crippen LogP contribution < -0.4 is 5.32 Å². The Morgan fingerprint density at radius 3 is 2.73 bits per heavy atom. The fraction of sp³-hybridized carbons (Fsp3) is 0.455. The number of benzene rings is 1. The molecule has 2 nitrogen and oxygen atoms in total. The molecule has 0 saturated carbocycles. The van der Waals surface area contributed by atoms with Crippen molar-refractivity contribution in [3.63, 3.8) is 0 Å². The molecule has 0 amide bonds. The van der Waals surface area contributed by atoms with Gasteiger partial charge in [0.2, 0.25) is 0 Å². The van der Waals surface area contributed by atoms with Gasteiger partial charge in [-0.1, -0.05) is 35.7 Å². The molecule has 1 fully saturated rings. The number of phenolic OH excluding ortho intramolecular Hbond substituents is 1. The third kappa shape index (κ3) is 2.22. The second-order valence-electron chi connectivity index (χ2n) is 3.80. The van der Waals surface area contributed by atoms with Gasteiger partial charge in [-0.2, -0.15) is 0 Å². The minimum Gasteiger partial charge on any atom is -0.506 e. The van der Waals surface area contributed by atoms with Crippen LogP contribution in [0.25, 0.3) is 0 Å². The lowest BCUT2D eigenvalue weighted by atomic mass is 9.97. The fourth-order valence-corrected chi connectivity index (χ4v) is 2.28. The van der Waals surface area contributed by atoms with Gasteiger partial charge in [0.1, 0.15) is 10.8 Å². The maximum Gasteiger partial charge on any atom is 0.140 e. The lowest BCUT2D eigenvalue weighted by molar-refractivity contribution is 0.391. The summed E-state index contributed by atoms with van der Waals surface area (Å²) >= 11 is 11.7. The van der Waals surface area contributed by atoms with Crippen LogP contribution in [0, 0.1) is 0 Å². The summed E-state index contributed by atoms with van der Waals surface area (Å²) in [5.41, 5.74) is 0.851. The molecule has 4 heteroatoms. The zero-order chi connectivity index (χ0) is 10.8. The Morgan fingerprint density at radius 1 is 1.27 bits per heavy atom. The van der Waals surface area contributed by atoms with E-state index in [1.165, 1.54) is 12.8 Å². The molecule has 0 bridgehead atoms. The summed E-state index contributed by atoms with van der Waals surface area (Å²) < 4.78 is 0. The van der Waals surface area contributed by atoms with Crippen LogP contribution in [0.15, 0.2) is 12.1 Å². The first kappa shape index (κ1) is 11.1. The molecule has 0 unspecified atom stereocenters. The average molecular weight is 246 g/mol. The van der Waals surface area contributed by atoms with E-state index in [9.17, 15) is 5.11 Å². The molecule has 1 aromatic carbocycles. The molecular weight excluding hydrogens is 233 g/mol. The van der Waals surface area contributed by atoms with E-state index in [0.29, 0.717) is 5.02 Å². The number of rotatable bonds is 1. The molecule has 1 aliphatic rings. The second-order valence-corrected chi connectivity index (χ2v) is 4.59. The quantitative estimate of drug-likeness (QED) is 0.794. The van der Waals surface area contributed by atoms with Crippen molar-refractivity contribution < 1.29 is 5.11 Å². The van der Waals surface area contributed by atoms with Crippen LogP contribution in [0.1, 0.15) is 30.9 Å². The zero-order valence-corrected chi connectivity index (χ0v) is 9.78. The van der Waals surface area contributed by atoms with Crippen molar-refractivity contribution >= 4 is 23.2 Å². The van der Waals surface area contributed by atoms with Crippen molar-refractivity contribution in [3.8, 4) is 5.75 Å². The van der Waals surface area contributed by atoms with Crippen molar-refractivity contribution in [1.82, 2.24) is 5.32 Å². The Balaban J connectivity index is 2.31. The Kier molecular flexibility index (Phi) is 3.39. The molecular formula is C11H13Cl2NO. The highest BCUT2D eigenvalue weighted by molar-refractivity contribution is 6.43. The molecule has 1 atom stereocenters. The number of aromatic hydroxyl groups is 1. The van der Waals surface area contributed by atoms with Gasteiger partial charge in [0.05, 0.1) is 5.02 Å². The van der Waals surface area contributed by atoms with Crippen LogP contribution in [-0.2, 0) is 0 Å². The number of hydrogen-bond donors (Lipinski definition) is 2. The topological polar surface area (TPSA) is 32.3 Å². The van der Waals surface area contributed by atoms with Crippen LogP contribution >= 0.6 is 23.2 Å². The molecule has 0 spiro atoms. The number of halogens is 2. The van der Waals surface area contributed by atoms with Crippen molar-refractivity contribution in [1.29, 1.82) is 0 Å². The summed E-state index contributed by atoms with van der Waals surface area (Å²) in [6.07, 6.45) is 3.40. The maximum atomic E-state index is 9.87. The van der Waals surface area contributed by atoms with Gasteiger partial charge in [0, 0.05) is 11.6 Å². The Labute approximate surface area is 99.2 Å². The van der Waals surface area contributed by atoms with Crippen LogP contribution in [0.3, 0.4) is 0 Å². The van der Waals surface area contributed by atoms with Crippen LogP contribution in [0.5, 0.6) is 5.75 Å². The van der Waals surface area contributed by atoms with Crippen LogP contribution in [-0.4, -0.2) is 11.7 Å². The summed E-state index contributed by atoms with van der Waals surface area (Å²) in [5.74, 6) is 0.114. The standard InChI is InChI=1S/C11H13Cl2NO/c12-8-5-4-7(11(15)10(8)13)9-3-1-2-6-14-9/h4-5,9,14-15H,1-3,6H2/t9-/m0/s1. The van der Waals surface area contributed by atoms with Crippen LogP contribution in [0.2, 0.25) is 10.0 Å². The van der Waals surface area contributed by atoms with Crippen LogP contribution in [0.4, 0.5) is 0 Å². The predicted molar refractivity (Wildman–Crippen MR) is 62.7 cm³/mol. The third-order valence-corrected chi connectivity index (χ3v) is 3.58. The lowest BCUT2D eigenvalue weighted by Gasteiger charge is -2.24. The molecule has 2 rings (SSSR count). The highest BCUT2D eigenvalue weighted by atomic mass is 35.5. The van der Waals surface area contributed by atoms with Crippen molar-refractivity contribution in [2.24, 2.45) is 0 Å². The van der Waals surface area contributed by atoms with Crippen molar-refractivity contribution in [3.05, 3.63) is 27.7 Å². The summed E-state index contributed by atoms with van der Waals surface area (Å²) in [4.78, 5) is 0. The molecule has 1 aromatic rings. The number of hydrogen-bond acceptors (Lipinski definition) is 2. The number of nitrogens with one attached hydrogen (secondary N) is 1. The van der Waals surface area contributed by atoms with Gasteiger partial charge in [-0.25, -0.2) is 0 Å². The monoisotopic (exact) mass is 245 g/mol. The summed E-state index contributed by atoms with van der Waals surface area (Å²) in [6.45, 7) is 0.990. The summed E-state index contributed by atoms with van der Waals surface area (Å²) in [6, 6.07) is 3.77. The average Bonchev–Trinajstić information content (AvgIpc) is 2.27. The molecule has 15 heavy (non-hydrogen) atoms. The maximum absolute atomic E-state index is 9.87. The van der Waals surface area contributed by atoms with E-state index in [0.717, 1.165) is 18.5 Å². The second kappa shape index (κ2) is 4.60. The minimum atomic E-state index is 0.114. The van der Waals surface area contributed by atoms with E-state index in [1.807, 2.05) is 6.07 Å². The fourth-order valence-electron chi connectivity index (χ4n) is 1.95. The van der Waals surface area contributed by atoms with E-state index >= 15 is 0 Å². The van der Waals surface area contributed by atoms with Crippen molar-refractivity contribution in [2.45, 2.75) is 25.3 Å². The van der Waals surface area contributed by atoms with Gasteiger partial charge in [-0.15, -0.1) is 0 Å². The van der Waals surface area contributed by atoms with E-state index in [4.69, 9.17) is 23.2 Å². The first-order valence-electron chi connectivity index (χ1n) is 5.10. The molecule has 0 radical (unpaired) electrons. The molecule has 1 aliphatic heterocycles. The zero-order valence-electron chi connectivity index (χ0n) is 8.26. The first-order chi connectivity index (χ1) is 7.20. The highest BCUT2D eigenvalue weighted by Crippen LogP contribution is 2.38. The Morgan fingerprint density at radius 2 is 2.07 bits per heavy atom. The van der Waals surface area contributed by atoms with Gasteiger partial charge in [-0.05, 0) is 25.5 Å². The minimum absolute atomic E-state index is 0.114. The summed E-state index contributed by atoms with van der Waals surface area (Å²) in [5, 5.41) is 13.9. The van der Waals surface area contributed by atoms with Gasteiger partial charge < -0.3 is 10.4 Å². The van der Waals surface area contributed by atoms with Gasteiger partial charge in [0.15, 0.2) is 0 Å². The number of piperidine rings is 1. The van der Waals surface area contributed by atoms with Gasteiger partial charge in [0.25, 0.3) is 0 Å². The molecule has 0 aliphatic carbocycles. The SMILES string of the molecule is Oc1c([C@@H]2CCCCN2)ccc(Cl)c1Cl.